The summed E-state index contributed by atoms with van der Waals surface area (Å²) in [5, 5.41) is 17.8. The van der Waals surface area contributed by atoms with Crippen LogP contribution in [-0.2, 0) is 40.9 Å². The highest BCUT2D eigenvalue weighted by Gasteiger charge is 2.50. The van der Waals surface area contributed by atoms with E-state index in [0.29, 0.717) is 44.8 Å². The van der Waals surface area contributed by atoms with Gasteiger partial charge in [-0.05, 0) is 46.5 Å². The molecule has 2 saturated heterocycles. The van der Waals surface area contributed by atoms with E-state index in [1.807, 2.05) is 82.7 Å². The lowest BCUT2D eigenvalue weighted by molar-refractivity contribution is -0.217. The van der Waals surface area contributed by atoms with Gasteiger partial charge in [0.05, 0.1) is 25.2 Å². The number of aryl methyl sites for hydroxylation is 1. The number of methoxy groups -OCH3 is 1. The Hall–Kier alpha value is -5.79. The van der Waals surface area contributed by atoms with E-state index in [9.17, 15) is 19.5 Å². The van der Waals surface area contributed by atoms with E-state index in [-0.39, 0.29) is 36.6 Å². The molecule has 0 bridgehead atoms. The average Bonchev–Trinajstić information content (AvgIpc) is 3.54. The number of aromatic nitrogens is 1. The van der Waals surface area contributed by atoms with E-state index < -0.39 is 12.2 Å². The second-order valence-electron chi connectivity index (χ2n) is 14.0. The van der Waals surface area contributed by atoms with Crippen LogP contribution in [0.1, 0.15) is 27.0 Å². The van der Waals surface area contributed by atoms with Crippen molar-refractivity contribution < 1.29 is 24.2 Å². The summed E-state index contributed by atoms with van der Waals surface area (Å²) in [6.07, 6.45) is 3.65. The summed E-state index contributed by atoms with van der Waals surface area (Å²) in [4.78, 5) is 44.9. The summed E-state index contributed by atoms with van der Waals surface area (Å²) in [7, 11) is 3.60. The number of ether oxygens (including phenoxy) is 1. The molecule has 55 heavy (non-hydrogen) atoms. The average molecular weight is 742 g/mol. The predicted octanol–water partition coefficient (Wildman–Crippen LogP) is 4.46. The normalized spacial score (nSPS) is 17.8. The maximum Gasteiger partial charge on any atom is 0.251 e. The zero-order valence-electron chi connectivity index (χ0n) is 31.2. The first-order valence-electron chi connectivity index (χ1n) is 18.5. The Kier molecular flexibility index (Phi) is 11.4. The molecule has 2 aliphatic rings. The number of fused-ring (bicyclic) bond motifs is 2. The number of nitrogens with zero attached hydrogens (tertiary/aromatic N) is 5. The summed E-state index contributed by atoms with van der Waals surface area (Å²) in [6.45, 7) is 6.49. The molecule has 2 aliphatic heterocycles. The van der Waals surface area contributed by atoms with Gasteiger partial charge in [-0.2, -0.15) is 5.12 Å². The molecule has 0 saturated carbocycles. The molecule has 7 rings (SSSR count). The zero-order valence-corrected chi connectivity index (χ0v) is 31.2. The Labute approximate surface area is 321 Å². The van der Waals surface area contributed by atoms with Gasteiger partial charge in [-0.15, -0.1) is 6.58 Å². The fraction of sp³-hybridized carbons (Fsp3) is 0.279. The molecule has 3 heterocycles. The van der Waals surface area contributed by atoms with Crippen molar-refractivity contribution in [3.8, 4) is 16.9 Å². The van der Waals surface area contributed by atoms with Crippen molar-refractivity contribution in [3.63, 3.8) is 0 Å². The predicted molar refractivity (Wildman–Crippen MR) is 211 cm³/mol. The van der Waals surface area contributed by atoms with Crippen molar-refractivity contribution in [1.82, 2.24) is 35.2 Å². The first-order valence-corrected chi connectivity index (χ1v) is 18.5. The molecule has 0 aliphatic carbocycles. The maximum absolute atomic E-state index is 14.7. The number of rotatable bonds is 14. The maximum atomic E-state index is 14.7. The summed E-state index contributed by atoms with van der Waals surface area (Å²) in [5.74, 6) is -0.283. The van der Waals surface area contributed by atoms with Crippen molar-refractivity contribution in [2.75, 3.05) is 39.9 Å². The van der Waals surface area contributed by atoms with Crippen LogP contribution < -0.4 is 10.7 Å². The van der Waals surface area contributed by atoms with Gasteiger partial charge in [-0.1, -0.05) is 78.9 Å². The molecule has 2 atom stereocenters. The van der Waals surface area contributed by atoms with Crippen LogP contribution in [-0.4, -0.2) is 99.4 Å². The van der Waals surface area contributed by atoms with Crippen LogP contribution in [0.25, 0.3) is 22.0 Å². The molecule has 1 aromatic heterocycles. The minimum absolute atomic E-state index is 0.0918. The lowest BCUT2D eigenvalue weighted by Gasteiger charge is -2.55. The number of para-hydroxylation sites is 1. The highest BCUT2D eigenvalue weighted by Crippen LogP contribution is 2.34. The first kappa shape index (κ1) is 37.5. The second kappa shape index (κ2) is 16.7. The molecule has 4 aromatic carbocycles. The Morgan fingerprint density at radius 2 is 1.73 bits per heavy atom. The van der Waals surface area contributed by atoms with Crippen molar-refractivity contribution in [2.45, 2.75) is 31.7 Å². The number of phenols is 1. The van der Waals surface area contributed by atoms with E-state index in [2.05, 4.69) is 40.2 Å². The van der Waals surface area contributed by atoms with E-state index in [4.69, 9.17) is 4.74 Å². The van der Waals surface area contributed by atoms with Crippen LogP contribution >= 0.6 is 0 Å². The number of benzene rings is 4. The molecule has 3 N–H and O–H groups in total. The van der Waals surface area contributed by atoms with Gasteiger partial charge in [0.15, 0.2) is 0 Å². The number of carbonyl (C=O) groups excluding carboxylic acids is 3. The van der Waals surface area contributed by atoms with Crippen LogP contribution in [0.15, 0.2) is 116 Å². The number of aromatic hydroxyl groups is 1. The number of amides is 3. The van der Waals surface area contributed by atoms with Gasteiger partial charge in [-0.25, -0.2) is 10.4 Å². The highest BCUT2D eigenvalue weighted by molar-refractivity contribution is 5.99. The third-order valence-corrected chi connectivity index (χ3v) is 10.3. The molecule has 12 nitrogen and oxygen atoms in total. The third-order valence-electron chi connectivity index (χ3n) is 10.3. The standard InChI is InChI=1S/C43H47N7O5/c1-4-22-48-29-40(52)49-38(24-30-13-19-35(51)20-14-30)43(54)47(28-39(49)50(48)45-25-31-9-6-5-7-10-31)26-34-11-8-12-36-37(27-46(2)41(34)36)32-15-17-33(18-16-32)42(53)44-21-23-55-3/h4-20,27,38-39,45,51H,1,21-26,28-29H2,2-3H3,(H,44,53)/t38-,39-/m0/s1. The van der Waals surface area contributed by atoms with E-state index in [0.717, 1.165) is 38.7 Å². The summed E-state index contributed by atoms with van der Waals surface area (Å²) >= 11 is 0. The van der Waals surface area contributed by atoms with Crippen LogP contribution in [0, 0.1) is 0 Å². The SMILES string of the molecule is C=CCN1CC(=O)N2[C@@H](Cc3ccc(O)cc3)C(=O)N(Cc3cccc4c(-c5ccc(C(=O)NCCOC)cc5)cn(C)c34)C[C@@H]2N1NCc1ccccc1. The fourth-order valence-electron chi connectivity index (χ4n) is 7.69. The Morgan fingerprint density at radius 1 is 0.964 bits per heavy atom. The number of carbonyl (C=O) groups is 3. The summed E-state index contributed by atoms with van der Waals surface area (Å²) in [6, 6.07) is 29.8. The lowest BCUT2D eigenvalue weighted by atomic mass is 9.98. The summed E-state index contributed by atoms with van der Waals surface area (Å²) < 4.78 is 7.13. The lowest BCUT2D eigenvalue weighted by Crippen LogP contribution is -2.77. The Morgan fingerprint density at radius 3 is 2.45 bits per heavy atom. The van der Waals surface area contributed by atoms with Crippen molar-refractivity contribution in [2.24, 2.45) is 7.05 Å². The van der Waals surface area contributed by atoms with Gasteiger partial charge in [0.25, 0.3) is 5.91 Å². The number of piperazine rings is 1. The molecule has 3 amide bonds. The second-order valence-corrected chi connectivity index (χ2v) is 14.0. The number of hydrazine groups is 2. The third kappa shape index (κ3) is 8.03. The molecule has 12 heteroatoms. The highest BCUT2D eigenvalue weighted by atomic mass is 16.5. The van der Waals surface area contributed by atoms with Crippen LogP contribution in [0.3, 0.4) is 0 Å². The zero-order chi connectivity index (χ0) is 38.5. The van der Waals surface area contributed by atoms with Gasteiger partial charge in [-0.3, -0.25) is 14.4 Å². The molecule has 0 spiro atoms. The molecule has 2 fully saturated rings. The minimum Gasteiger partial charge on any atom is -0.508 e. The topological polar surface area (TPSA) is 123 Å². The summed E-state index contributed by atoms with van der Waals surface area (Å²) in [5.41, 5.74) is 10.0. The molecule has 284 valence electrons. The molecule has 0 unspecified atom stereocenters. The van der Waals surface area contributed by atoms with Gasteiger partial charge in [0.2, 0.25) is 11.8 Å². The fourth-order valence-corrected chi connectivity index (χ4v) is 7.69. The van der Waals surface area contributed by atoms with Crippen molar-refractivity contribution in [3.05, 3.63) is 138 Å². The van der Waals surface area contributed by atoms with Crippen molar-refractivity contribution >= 4 is 28.6 Å². The van der Waals surface area contributed by atoms with Crippen LogP contribution in [0.4, 0.5) is 0 Å². The van der Waals surface area contributed by atoms with Crippen LogP contribution in [0.2, 0.25) is 0 Å². The quantitative estimate of drug-likeness (QED) is 0.113. The van der Waals surface area contributed by atoms with Gasteiger partial charge in [0, 0.05) is 69.5 Å². The van der Waals surface area contributed by atoms with E-state index in [1.54, 1.807) is 42.4 Å². The molecular weight excluding hydrogens is 695 g/mol. The van der Waals surface area contributed by atoms with Crippen molar-refractivity contribution in [1.29, 1.82) is 0 Å². The van der Waals surface area contributed by atoms with Crippen LogP contribution in [0.5, 0.6) is 5.75 Å². The molecular formula is C43H47N7O5. The Bertz CT molecular complexity index is 2150. The van der Waals surface area contributed by atoms with Gasteiger partial charge < -0.3 is 29.5 Å². The molecule has 0 radical (unpaired) electrons. The number of hydrogen-bond acceptors (Lipinski definition) is 8. The number of hydrogen-bond donors (Lipinski definition) is 3. The molecule has 5 aromatic rings. The largest absolute Gasteiger partial charge is 0.508 e. The van der Waals surface area contributed by atoms with E-state index >= 15 is 0 Å². The minimum atomic E-state index is -0.768. The van der Waals surface area contributed by atoms with E-state index in [1.165, 1.54) is 0 Å². The first-order chi connectivity index (χ1) is 26.7. The van der Waals surface area contributed by atoms with Gasteiger partial charge in [0.1, 0.15) is 18.0 Å². The number of nitrogens with one attached hydrogen (secondary N) is 2. The monoisotopic (exact) mass is 741 g/mol. The number of phenolic OH excluding ortho intramolecular Hbond substituents is 1. The smallest absolute Gasteiger partial charge is 0.251 e. The Balaban J connectivity index is 1.21. The van der Waals surface area contributed by atoms with Gasteiger partial charge >= 0.3 is 0 Å².